The first-order valence-electron chi connectivity index (χ1n) is 10.1. The van der Waals surface area contributed by atoms with Crippen molar-refractivity contribution < 1.29 is 32.2 Å². The van der Waals surface area contributed by atoms with Crippen LogP contribution in [0.2, 0.25) is 0 Å². The number of carbonyl (C=O) groups is 1. The number of rotatable bonds is 4. The van der Waals surface area contributed by atoms with Crippen molar-refractivity contribution in [2.75, 3.05) is 7.11 Å². The lowest BCUT2D eigenvalue weighted by Gasteiger charge is -2.07. The summed E-state index contributed by atoms with van der Waals surface area (Å²) in [7, 11) is 1.31. The zero-order chi connectivity index (χ0) is 25.1. The molecule has 0 atom stereocenters. The van der Waals surface area contributed by atoms with E-state index in [1.807, 2.05) is 0 Å². The Morgan fingerprint density at radius 2 is 1.89 bits per heavy atom. The number of nitrogens with one attached hydrogen (secondary N) is 1. The van der Waals surface area contributed by atoms with Gasteiger partial charge >= 0.3 is 12.1 Å². The summed E-state index contributed by atoms with van der Waals surface area (Å²) in [6, 6.07) is 10.2. The van der Waals surface area contributed by atoms with Crippen molar-refractivity contribution in [1.82, 2.24) is 19.6 Å². The number of hydrogen-bond donors (Lipinski definition) is 2. The third-order valence-electron chi connectivity index (χ3n) is 5.44. The molecule has 178 valence electrons. The SMILES string of the molecule is COc1cc(C(=O)O)cc2oc(-c3c(C)[nH]c4c(-c5ccccc5)c(C(F)(F)F)nn4c3=O)nc12. The highest BCUT2D eigenvalue weighted by molar-refractivity contribution is 5.95. The lowest BCUT2D eigenvalue weighted by Crippen LogP contribution is -2.19. The number of H-pyrrole nitrogens is 1. The number of hydrogen-bond acceptors (Lipinski definition) is 6. The molecule has 0 bridgehead atoms. The number of ether oxygens (including phenoxy) is 1. The first kappa shape index (κ1) is 22.2. The second-order valence-electron chi connectivity index (χ2n) is 7.63. The maximum atomic E-state index is 13.9. The predicted molar refractivity (Wildman–Crippen MR) is 118 cm³/mol. The smallest absolute Gasteiger partial charge is 0.435 e. The van der Waals surface area contributed by atoms with Crippen molar-refractivity contribution >= 4 is 22.7 Å². The molecular formula is C23H15F3N4O5. The summed E-state index contributed by atoms with van der Waals surface area (Å²) in [6.07, 6.45) is -4.83. The summed E-state index contributed by atoms with van der Waals surface area (Å²) in [5.41, 5.74) is -2.25. The molecule has 3 heterocycles. The molecule has 0 saturated heterocycles. The number of fused-ring (bicyclic) bond motifs is 2. The molecule has 0 aliphatic heterocycles. The van der Waals surface area contributed by atoms with Crippen LogP contribution in [0.1, 0.15) is 21.7 Å². The van der Waals surface area contributed by atoms with E-state index in [0.717, 1.165) is 0 Å². The van der Waals surface area contributed by atoms with E-state index in [9.17, 15) is 27.9 Å². The van der Waals surface area contributed by atoms with Crippen molar-refractivity contribution in [3.8, 4) is 28.3 Å². The Labute approximate surface area is 193 Å². The lowest BCUT2D eigenvalue weighted by atomic mass is 10.1. The molecule has 12 heteroatoms. The summed E-state index contributed by atoms with van der Waals surface area (Å²) in [5, 5.41) is 12.9. The Balaban J connectivity index is 1.80. The monoisotopic (exact) mass is 484 g/mol. The second kappa shape index (κ2) is 7.72. The van der Waals surface area contributed by atoms with Gasteiger partial charge in [0.05, 0.1) is 18.2 Å². The van der Waals surface area contributed by atoms with Crippen LogP contribution >= 0.6 is 0 Å². The zero-order valence-electron chi connectivity index (χ0n) is 18.1. The minimum Gasteiger partial charge on any atom is -0.494 e. The average molecular weight is 484 g/mol. The molecule has 0 unspecified atom stereocenters. The number of alkyl halides is 3. The minimum atomic E-state index is -4.83. The number of carboxylic acid groups (broad SMARTS) is 1. The van der Waals surface area contributed by atoms with Gasteiger partial charge in [0.25, 0.3) is 5.56 Å². The lowest BCUT2D eigenvalue weighted by molar-refractivity contribution is -0.140. The van der Waals surface area contributed by atoms with Gasteiger partial charge in [0.1, 0.15) is 17.0 Å². The largest absolute Gasteiger partial charge is 0.494 e. The van der Waals surface area contributed by atoms with E-state index in [2.05, 4.69) is 15.1 Å². The van der Waals surface area contributed by atoms with Gasteiger partial charge in [0.15, 0.2) is 16.8 Å². The molecule has 2 N–H and O–H groups in total. The molecule has 0 fully saturated rings. The van der Waals surface area contributed by atoms with Gasteiger partial charge in [-0.1, -0.05) is 30.3 Å². The highest BCUT2D eigenvalue weighted by Gasteiger charge is 2.39. The van der Waals surface area contributed by atoms with Crippen molar-refractivity contribution in [1.29, 1.82) is 0 Å². The number of nitrogens with zero attached hydrogens (tertiary/aromatic N) is 3. The summed E-state index contributed by atoms with van der Waals surface area (Å²) in [5.74, 6) is -1.37. The molecule has 9 nitrogen and oxygen atoms in total. The molecular weight excluding hydrogens is 469 g/mol. The summed E-state index contributed by atoms with van der Waals surface area (Å²) >= 11 is 0. The fourth-order valence-electron chi connectivity index (χ4n) is 3.90. The summed E-state index contributed by atoms with van der Waals surface area (Å²) < 4.78 is 53.1. The van der Waals surface area contributed by atoms with Gasteiger partial charge in [0.2, 0.25) is 5.89 Å². The third kappa shape index (κ3) is 3.50. The molecule has 0 aliphatic carbocycles. The Morgan fingerprint density at radius 3 is 2.51 bits per heavy atom. The van der Waals surface area contributed by atoms with Gasteiger partial charge in [-0.25, -0.2) is 9.78 Å². The van der Waals surface area contributed by atoms with Gasteiger partial charge in [-0.15, -0.1) is 0 Å². The van der Waals surface area contributed by atoms with Crippen molar-refractivity contribution in [2.24, 2.45) is 0 Å². The topological polar surface area (TPSA) is 123 Å². The molecule has 0 saturated carbocycles. The maximum absolute atomic E-state index is 13.9. The van der Waals surface area contributed by atoms with Crippen LogP contribution in [-0.4, -0.2) is 37.8 Å². The van der Waals surface area contributed by atoms with Gasteiger partial charge in [-0.3, -0.25) is 4.79 Å². The van der Waals surface area contributed by atoms with E-state index in [4.69, 9.17) is 9.15 Å². The van der Waals surface area contributed by atoms with E-state index in [1.165, 1.54) is 38.3 Å². The molecule has 0 amide bonds. The zero-order valence-corrected chi connectivity index (χ0v) is 18.1. The summed E-state index contributed by atoms with van der Waals surface area (Å²) in [4.78, 5) is 31.9. The van der Waals surface area contributed by atoms with Crippen LogP contribution in [-0.2, 0) is 6.18 Å². The van der Waals surface area contributed by atoms with Crippen molar-refractivity contribution in [3.05, 3.63) is 69.8 Å². The van der Waals surface area contributed by atoms with E-state index in [1.54, 1.807) is 18.2 Å². The first-order valence-corrected chi connectivity index (χ1v) is 10.1. The van der Waals surface area contributed by atoms with Crippen LogP contribution in [0, 0.1) is 6.92 Å². The Hall–Kier alpha value is -4.61. The minimum absolute atomic E-state index is 0.0251. The molecule has 2 aromatic carbocycles. The van der Waals surface area contributed by atoms with Gasteiger partial charge in [0, 0.05) is 5.69 Å². The van der Waals surface area contributed by atoms with E-state index < -0.39 is 23.4 Å². The number of oxazole rings is 1. The number of aryl methyl sites for hydroxylation is 1. The number of aromatic carboxylic acids is 1. The first-order chi connectivity index (χ1) is 16.6. The normalized spacial score (nSPS) is 11.9. The van der Waals surface area contributed by atoms with Gasteiger partial charge in [-0.05, 0) is 24.6 Å². The Bertz CT molecular complexity index is 1680. The molecule has 5 aromatic rings. The van der Waals surface area contributed by atoms with Gasteiger partial charge < -0.3 is 19.2 Å². The summed E-state index contributed by atoms with van der Waals surface area (Å²) in [6.45, 7) is 1.49. The number of benzene rings is 2. The van der Waals surface area contributed by atoms with Crippen LogP contribution in [0.25, 0.3) is 39.3 Å². The number of halogens is 3. The van der Waals surface area contributed by atoms with Crippen molar-refractivity contribution in [3.63, 3.8) is 0 Å². The number of methoxy groups -OCH3 is 1. The Morgan fingerprint density at radius 1 is 1.17 bits per heavy atom. The van der Waals surface area contributed by atoms with E-state index >= 15 is 0 Å². The van der Waals surface area contributed by atoms with Crippen molar-refractivity contribution in [2.45, 2.75) is 13.1 Å². The van der Waals surface area contributed by atoms with E-state index in [-0.39, 0.29) is 56.3 Å². The quantitative estimate of drug-likeness (QED) is 0.384. The molecule has 5 rings (SSSR count). The van der Waals surface area contributed by atoms with Crippen LogP contribution in [0.5, 0.6) is 5.75 Å². The highest BCUT2D eigenvalue weighted by Crippen LogP contribution is 2.39. The molecule has 3 aromatic heterocycles. The average Bonchev–Trinajstić information content (AvgIpc) is 3.40. The van der Waals surface area contributed by atoms with Crippen LogP contribution in [0.4, 0.5) is 13.2 Å². The fraction of sp³-hybridized carbons (Fsp3) is 0.130. The standard InChI is InChI=1S/C23H15F3N4O5/c1-10-15(20-28-17-13(34-2)8-12(22(32)33)9-14(17)35-20)21(31)30-19(27-10)16(11-6-4-3-5-7-11)18(29-30)23(24,25)26/h3-9,27H,1-2H3,(H,32,33). The number of carboxylic acids is 1. The molecule has 0 spiro atoms. The molecule has 35 heavy (non-hydrogen) atoms. The van der Waals surface area contributed by atoms with Crippen LogP contribution < -0.4 is 10.3 Å². The fourth-order valence-corrected chi connectivity index (χ4v) is 3.90. The third-order valence-corrected chi connectivity index (χ3v) is 5.44. The number of aromatic nitrogens is 4. The molecule has 0 aliphatic rings. The predicted octanol–water partition coefficient (Wildman–Crippen LogP) is 4.53. The van der Waals surface area contributed by atoms with E-state index in [0.29, 0.717) is 4.52 Å². The molecule has 0 radical (unpaired) electrons. The maximum Gasteiger partial charge on any atom is 0.435 e. The Kier molecular flexibility index (Phi) is 4.90. The number of aromatic amines is 1. The second-order valence-corrected chi connectivity index (χ2v) is 7.63. The van der Waals surface area contributed by atoms with Crippen LogP contribution in [0.3, 0.4) is 0 Å². The highest BCUT2D eigenvalue weighted by atomic mass is 19.4. The van der Waals surface area contributed by atoms with Crippen LogP contribution in [0.15, 0.2) is 51.7 Å². The van der Waals surface area contributed by atoms with Gasteiger partial charge in [-0.2, -0.15) is 22.8 Å².